The topological polar surface area (TPSA) is 69.6 Å². The van der Waals surface area contributed by atoms with Crippen LogP contribution in [-0.2, 0) is 10.8 Å². The normalized spacial score (nSPS) is 21.6. The molecule has 118 valence electrons. The summed E-state index contributed by atoms with van der Waals surface area (Å²) < 4.78 is 11.7. The number of urea groups is 1. The number of likely N-dealkylation sites (tertiary alicyclic amines) is 1. The number of carbonyl (C=O) groups excluding carboxylic acids is 1. The number of nitrogens with zero attached hydrogens (tertiary/aromatic N) is 1. The number of aliphatic hydroxyl groups is 1. The molecule has 0 saturated carbocycles. The van der Waals surface area contributed by atoms with Crippen molar-refractivity contribution in [3.05, 3.63) is 0 Å². The molecular weight excluding hydrogens is 276 g/mol. The van der Waals surface area contributed by atoms with Gasteiger partial charge in [-0.2, -0.15) is 0 Å². The Labute approximate surface area is 124 Å². The van der Waals surface area contributed by atoms with Crippen LogP contribution in [0.5, 0.6) is 0 Å². The zero-order chi connectivity index (χ0) is 15.2. The Balaban J connectivity index is 2.39. The van der Waals surface area contributed by atoms with Gasteiger partial charge in [-0.25, -0.2) is 4.79 Å². The molecule has 0 aromatic rings. The second kappa shape index (κ2) is 7.98. The summed E-state index contributed by atoms with van der Waals surface area (Å²) >= 11 is 0. The van der Waals surface area contributed by atoms with Gasteiger partial charge >= 0.3 is 6.03 Å². The largest absolute Gasteiger partial charge is 0.396 e. The SMILES string of the molecule is CC(C)(C)S(=O)CCNC(=O)N1CCCCC1CCO. The maximum absolute atomic E-state index is 12.1. The molecule has 0 radical (unpaired) electrons. The molecule has 5 nitrogen and oxygen atoms in total. The van der Waals surface area contributed by atoms with Crippen molar-refractivity contribution in [2.75, 3.05) is 25.4 Å². The van der Waals surface area contributed by atoms with Crippen LogP contribution in [0.2, 0.25) is 0 Å². The molecule has 1 rings (SSSR count). The van der Waals surface area contributed by atoms with Gasteiger partial charge in [0.05, 0.1) is 0 Å². The van der Waals surface area contributed by atoms with E-state index < -0.39 is 10.8 Å². The molecule has 0 aromatic carbocycles. The van der Waals surface area contributed by atoms with E-state index in [4.69, 9.17) is 5.11 Å². The molecule has 0 aromatic heterocycles. The summed E-state index contributed by atoms with van der Waals surface area (Å²) in [4.78, 5) is 14.0. The quantitative estimate of drug-likeness (QED) is 0.808. The first-order valence-corrected chi connectivity index (χ1v) is 8.72. The fourth-order valence-corrected chi connectivity index (χ4v) is 3.28. The Kier molecular flexibility index (Phi) is 6.95. The molecule has 2 unspecified atom stereocenters. The molecule has 2 N–H and O–H groups in total. The first-order chi connectivity index (χ1) is 9.36. The number of rotatable bonds is 5. The number of piperidine rings is 1. The second-order valence-corrected chi connectivity index (χ2v) is 8.57. The lowest BCUT2D eigenvalue weighted by molar-refractivity contribution is 0.132. The van der Waals surface area contributed by atoms with Crippen LogP contribution in [0.25, 0.3) is 0 Å². The van der Waals surface area contributed by atoms with Crippen molar-refractivity contribution in [3.8, 4) is 0 Å². The van der Waals surface area contributed by atoms with Crippen LogP contribution in [0.1, 0.15) is 46.5 Å². The van der Waals surface area contributed by atoms with Crippen LogP contribution in [-0.4, -0.2) is 56.5 Å². The first kappa shape index (κ1) is 17.4. The molecule has 20 heavy (non-hydrogen) atoms. The Morgan fingerprint density at radius 3 is 2.70 bits per heavy atom. The minimum atomic E-state index is -0.944. The fraction of sp³-hybridized carbons (Fsp3) is 0.929. The smallest absolute Gasteiger partial charge is 0.317 e. The highest BCUT2D eigenvalue weighted by molar-refractivity contribution is 7.86. The van der Waals surface area contributed by atoms with E-state index in [0.29, 0.717) is 18.7 Å². The van der Waals surface area contributed by atoms with Gasteiger partial charge < -0.3 is 15.3 Å². The van der Waals surface area contributed by atoms with Gasteiger partial charge in [0, 0.05) is 47.0 Å². The molecule has 1 saturated heterocycles. The monoisotopic (exact) mass is 304 g/mol. The molecular formula is C14H28N2O3S. The van der Waals surface area contributed by atoms with Crippen LogP contribution in [0, 0.1) is 0 Å². The van der Waals surface area contributed by atoms with E-state index in [1.807, 2.05) is 25.7 Å². The standard InChI is InChI=1S/C14H28N2O3S/c1-14(2,3)20(19)11-8-15-13(18)16-9-5-4-6-12(16)7-10-17/h12,17H,4-11H2,1-3H3,(H,15,18). The summed E-state index contributed by atoms with van der Waals surface area (Å²) in [6.45, 7) is 7.11. The van der Waals surface area contributed by atoms with Gasteiger partial charge in [0.1, 0.15) is 0 Å². The number of nitrogens with one attached hydrogen (secondary N) is 1. The molecule has 6 heteroatoms. The molecule has 1 aliphatic heterocycles. The van der Waals surface area contributed by atoms with Crippen molar-refractivity contribution in [1.29, 1.82) is 0 Å². The molecule has 2 amide bonds. The summed E-state index contributed by atoms with van der Waals surface area (Å²) in [5, 5.41) is 11.9. The van der Waals surface area contributed by atoms with Gasteiger partial charge in [0.25, 0.3) is 0 Å². The van der Waals surface area contributed by atoms with E-state index in [0.717, 1.165) is 25.8 Å². The predicted molar refractivity (Wildman–Crippen MR) is 82.2 cm³/mol. The van der Waals surface area contributed by atoms with Crippen LogP contribution < -0.4 is 5.32 Å². The number of hydrogen-bond acceptors (Lipinski definition) is 3. The lowest BCUT2D eigenvalue weighted by Crippen LogP contribution is -2.49. The first-order valence-electron chi connectivity index (χ1n) is 7.40. The Morgan fingerprint density at radius 1 is 1.40 bits per heavy atom. The Bertz CT molecular complexity index is 340. The average molecular weight is 304 g/mol. The zero-order valence-electron chi connectivity index (χ0n) is 12.9. The van der Waals surface area contributed by atoms with Gasteiger partial charge in [0.2, 0.25) is 0 Å². The van der Waals surface area contributed by atoms with Crippen molar-refractivity contribution in [3.63, 3.8) is 0 Å². The van der Waals surface area contributed by atoms with Crippen LogP contribution in [0.3, 0.4) is 0 Å². The minimum Gasteiger partial charge on any atom is -0.396 e. The van der Waals surface area contributed by atoms with Gasteiger partial charge in [-0.1, -0.05) is 0 Å². The lowest BCUT2D eigenvalue weighted by Gasteiger charge is -2.35. The average Bonchev–Trinajstić information content (AvgIpc) is 2.38. The summed E-state index contributed by atoms with van der Waals surface area (Å²) in [5.41, 5.74) is 0. The third-order valence-corrected chi connectivity index (χ3v) is 5.54. The van der Waals surface area contributed by atoms with Crippen LogP contribution in [0.4, 0.5) is 4.79 Å². The summed E-state index contributed by atoms with van der Waals surface area (Å²) in [6.07, 6.45) is 3.73. The molecule has 1 fully saturated rings. The third kappa shape index (κ3) is 5.40. The Hall–Kier alpha value is -0.620. The van der Waals surface area contributed by atoms with E-state index in [-0.39, 0.29) is 23.4 Å². The van der Waals surface area contributed by atoms with Crippen LogP contribution in [0.15, 0.2) is 0 Å². The molecule has 0 spiro atoms. The molecule has 1 aliphatic rings. The predicted octanol–water partition coefficient (Wildman–Crippen LogP) is 1.48. The molecule has 2 atom stereocenters. The van der Waals surface area contributed by atoms with E-state index in [2.05, 4.69) is 5.32 Å². The molecule has 0 aliphatic carbocycles. The van der Waals surface area contributed by atoms with E-state index in [1.54, 1.807) is 0 Å². The fourth-order valence-electron chi connectivity index (χ4n) is 2.38. The second-order valence-electron chi connectivity index (χ2n) is 6.25. The van der Waals surface area contributed by atoms with Crippen molar-refractivity contribution in [2.24, 2.45) is 0 Å². The number of carbonyl (C=O) groups is 1. The number of amides is 2. The maximum atomic E-state index is 12.1. The van der Waals surface area contributed by atoms with Crippen molar-refractivity contribution in [2.45, 2.75) is 57.2 Å². The summed E-state index contributed by atoms with van der Waals surface area (Å²) in [5.74, 6) is 0.480. The summed E-state index contributed by atoms with van der Waals surface area (Å²) in [6, 6.07) is 0.0518. The van der Waals surface area contributed by atoms with E-state index in [1.165, 1.54) is 0 Å². The highest BCUT2D eigenvalue weighted by atomic mass is 32.2. The molecule has 0 bridgehead atoms. The lowest BCUT2D eigenvalue weighted by atomic mass is 10.0. The van der Waals surface area contributed by atoms with Gasteiger partial charge in [-0.15, -0.1) is 0 Å². The van der Waals surface area contributed by atoms with Gasteiger partial charge in [-0.3, -0.25) is 4.21 Å². The Morgan fingerprint density at radius 2 is 2.10 bits per heavy atom. The minimum absolute atomic E-state index is 0.0888. The van der Waals surface area contributed by atoms with Crippen molar-refractivity contribution < 1.29 is 14.1 Å². The zero-order valence-corrected chi connectivity index (χ0v) is 13.7. The highest BCUT2D eigenvalue weighted by Gasteiger charge is 2.26. The summed E-state index contributed by atoms with van der Waals surface area (Å²) in [7, 11) is -0.944. The molecule has 1 heterocycles. The van der Waals surface area contributed by atoms with Crippen molar-refractivity contribution >= 4 is 16.8 Å². The van der Waals surface area contributed by atoms with Gasteiger partial charge in [-0.05, 0) is 46.5 Å². The maximum Gasteiger partial charge on any atom is 0.317 e. The van der Waals surface area contributed by atoms with E-state index >= 15 is 0 Å². The van der Waals surface area contributed by atoms with Gasteiger partial charge in [0.15, 0.2) is 0 Å². The highest BCUT2D eigenvalue weighted by Crippen LogP contribution is 2.19. The van der Waals surface area contributed by atoms with E-state index in [9.17, 15) is 9.00 Å². The van der Waals surface area contributed by atoms with Crippen molar-refractivity contribution in [1.82, 2.24) is 10.2 Å². The number of aliphatic hydroxyl groups excluding tert-OH is 1. The third-order valence-electron chi connectivity index (χ3n) is 3.60. The van der Waals surface area contributed by atoms with Crippen LogP contribution >= 0.6 is 0 Å². The number of hydrogen-bond donors (Lipinski definition) is 2.